The van der Waals surface area contributed by atoms with Crippen molar-refractivity contribution >= 4 is 0 Å². The Bertz CT molecular complexity index is 389. The van der Waals surface area contributed by atoms with E-state index in [9.17, 15) is 8.78 Å². The van der Waals surface area contributed by atoms with Crippen molar-refractivity contribution in [1.29, 1.82) is 0 Å². The van der Waals surface area contributed by atoms with E-state index >= 15 is 0 Å². The van der Waals surface area contributed by atoms with Crippen molar-refractivity contribution < 1.29 is 8.78 Å². The highest BCUT2D eigenvalue weighted by Gasteiger charge is 2.28. The van der Waals surface area contributed by atoms with Gasteiger partial charge in [0, 0.05) is 11.6 Å². The summed E-state index contributed by atoms with van der Waals surface area (Å²) in [6.45, 7) is 1.55. The smallest absolute Gasteiger partial charge is 0.163 e. The molecule has 0 amide bonds. The van der Waals surface area contributed by atoms with Crippen LogP contribution in [0.2, 0.25) is 0 Å². The number of rotatable bonds is 4. The largest absolute Gasteiger partial charge is 0.271 e. The lowest BCUT2D eigenvalue weighted by atomic mass is 9.99. The van der Waals surface area contributed by atoms with Crippen LogP contribution in [0.3, 0.4) is 0 Å². The molecule has 4 heteroatoms. The Morgan fingerprint density at radius 1 is 1.38 bits per heavy atom. The van der Waals surface area contributed by atoms with Gasteiger partial charge in [0.15, 0.2) is 11.6 Å². The van der Waals surface area contributed by atoms with Gasteiger partial charge in [-0.15, -0.1) is 0 Å². The summed E-state index contributed by atoms with van der Waals surface area (Å²) in [6.07, 6.45) is 3.10. The van der Waals surface area contributed by atoms with Crippen molar-refractivity contribution in [1.82, 2.24) is 5.43 Å². The van der Waals surface area contributed by atoms with E-state index in [4.69, 9.17) is 5.84 Å². The Kier molecular flexibility index (Phi) is 3.21. The third kappa shape index (κ3) is 2.23. The minimum absolute atomic E-state index is 0.289. The molecular formula is C12H16F2N2. The van der Waals surface area contributed by atoms with Crippen molar-refractivity contribution in [3.63, 3.8) is 0 Å². The molecule has 1 atom stereocenters. The van der Waals surface area contributed by atoms with Crippen molar-refractivity contribution in [2.75, 3.05) is 0 Å². The number of aryl methyl sites for hydroxylation is 1. The van der Waals surface area contributed by atoms with Crippen LogP contribution >= 0.6 is 0 Å². The van der Waals surface area contributed by atoms with Gasteiger partial charge in [0.05, 0.1) is 0 Å². The predicted molar refractivity (Wildman–Crippen MR) is 58.5 cm³/mol. The number of nitrogens with two attached hydrogens (primary N) is 1. The molecule has 88 valence electrons. The SMILES string of the molecule is Cc1ccc(C(CC2CC2)NN)c(F)c1F. The van der Waals surface area contributed by atoms with Gasteiger partial charge >= 0.3 is 0 Å². The maximum atomic E-state index is 13.7. The molecule has 1 aromatic rings. The summed E-state index contributed by atoms with van der Waals surface area (Å²) in [5.41, 5.74) is 3.22. The van der Waals surface area contributed by atoms with Crippen LogP contribution in [0.4, 0.5) is 8.78 Å². The minimum atomic E-state index is -0.774. The van der Waals surface area contributed by atoms with E-state index in [0.29, 0.717) is 17.0 Å². The van der Waals surface area contributed by atoms with Crippen LogP contribution in [0, 0.1) is 24.5 Å². The Morgan fingerprint density at radius 3 is 2.62 bits per heavy atom. The standard InChI is InChI=1S/C12H16F2N2/c1-7-2-5-9(12(14)11(7)13)10(16-15)6-8-3-4-8/h2,5,8,10,16H,3-4,6,15H2,1H3. The van der Waals surface area contributed by atoms with Crippen molar-refractivity contribution in [2.24, 2.45) is 11.8 Å². The van der Waals surface area contributed by atoms with Crippen LogP contribution in [0.1, 0.15) is 36.4 Å². The molecule has 2 rings (SSSR count). The summed E-state index contributed by atoms with van der Waals surface area (Å²) in [6, 6.07) is 2.91. The van der Waals surface area contributed by atoms with Gasteiger partial charge in [0.2, 0.25) is 0 Å². The fourth-order valence-electron chi connectivity index (χ4n) is 1.90. The summed E-state index contributed by atoms with van der Waals surface area (Å²) < 4.78 is 27.1. The highest BCUT2D eigenvalue weighted by Crippen LogP contribution is 2.38. The molecule has 1 saturated carbocycles. The average Bonchev–Trinajstić information content (AvgIpc) is 3.07. The Morgan fingerprint density at radius 2 is 2.06 bits per heavy atom. The number of hydrogen-bond acceptors (Lipinski definition) is 2. The highest BCUT2D eigenvalue weighted by molar-refractivity contribution is 5.28. The van der Waals surface area contributed by atoms with Crippen molar-refractivity contribution in [2.45, 2.75) is 32.2 Å². The van der Waals surface area contributed by atoms with Crippen LogP contribution in [0.25, 0.3) is 0 Å². The van der Waals surface area contributed by atoms with E-state index in [1.54, 1.807) is 19.1 Å². The van der Waals surface area contributed by atoms with Crippen molar-refractivity contribution in [3.05, 3.63) is 34.9 Å². The molecule has 0 aliphatic heterocycles. The molecule has 0 saturated heterocycles. The second-order valence-electron chi connectivity index (χ2n) is 4.50. The third-order valence-electron chi connectivity index (χ3n) is 3.15. The molecule has 1 aromatic carbocycles. The first-order valence-corrected chi connectivity index (χ1v) is 5.54. The Balaban J connectivity index is 2.26. The quantitative estimate of drug-likeness (QED) is 0.611. The Hall–Kier alpha value is -1.00. The van der Waals surface area contributed by atoms with E-state index in [1.165, 1.54) is 0 Å². The Labute approximate surface area is 93.8 Å². The lowest BCUT2D eigenvalue weighted by molar-refractivity contribution is 0.437. The van der Waals surface area contributed by atoms with E-state index in [1.807, 2.05) is 0 Å². The molecule has 0 heterocycles. The van der Waals surface area contributed by atoms with Crippen LogP contribution in [0.5, 0.6) is 0 Å². The lowest BCUT2D eigenvalue weighted by Crippen LogP contribution is -2.29. The topological polar surface area (TPSA) is 38.0 Å². The zero-order chi connectivity index (χ0) is 11.7. The van der Waals surface area contributed by atoms with Crippen LogP contribution in [-0.2, 0) is 0 Å². The molecule has 1 aliphatic carbocycles. The first-order chi connectivity index (χ1) is 7.63. The van der Waals surface area contributed by atoms with E-state index < -0.39 is 11.6 Å². The van der Waals surface area contributed by atoms with Gasteiger partial charge in [-0.3, -0.25) is 11.3 Å². The summed E-state index contributed by atoms with van der Waals surface area (Å²) in [5, 5.41) is 0. The van der Waals surface area contributed by atoms with Gasteiger partial charge in [-0.2, -0.15) is 0 Å². The molecule has 0 bridgehead atoms. The molecule has 0 spiro atoms. The first kappa shape index (κ1) is 11.5. The van der Waals surface area contributed by atoms with Crippen LogP contribution in [0.15, 0.2) is 12.1 Å². The normalized spacial score (nSPS) is 17.5. The predicted octanol–water partition coefficient (Wildman–Crippen LogP) is 2.58. The summed E-state index contributed by atoms with van der Waals surface area (Å²) in [4.78, 5) is 0. The van der Waals surface area contributed by atoms with Gasteiger partial charge < -0.3 is 0 Å². The number of hydrazine groups is 1. The van der Waals surface area contributed by atoms with Gasteiger partial charge in [-0.25, -0.2) is 8.78 Å². The molecule has 0 radical (unpaired) electrons. The lowest BCUT2D eigenvalue weighted by Gasteiger charge is -2.17. The average molecular weight is 226 g/mol. The summed E-state index contributed by atoms with van der Waals surface area (Å²) in [5.74, 6) is 4.46. The summed E-state index contributed by atoms with van der Waals surface area (Å²) >= 11 is 0. The van der Waals surface area contributed by atoms with Gasteiger partial charge in [-0.05, 0) is 24.8 Å². The van der Waals surface area contributed by atoms with E-state index in [0.717, 1.165) is 19.3 Å². The second-order valence-corrected chi connectivity index (χ2v) is 4.50. The zero-order valence-electron chi connectivity index (χ0n) is 9.26. The maximum absolute atomic E-state index is 13.7. The fraction of sp³-hybridized carbons (Fsp3) is 0.500. The minimum Gasteiger partial charge on any atom is -0.271 e. The number of benzene rings is 1. The number of nitrogens with one attached hydrogen (secondary N) is 1. The highest BCUT2D eigenvalue weighted by atomic mass is 19.2. The van der Waals surface area contributed by atoms with Crippen molar-refractivity contribution in [3.8, 4) is 0 Å². The first-order valence-electron chi connectivity index (χ1n) is 5.54. The van der Waals surface area contributed by atoms with Gasteiger partial charge in [-0.1, -0.05) is 25.0 Å². The maximum Gasteiger partial charge on any atom is 0.163 e. The number of hydrogen-bond donors (Lipinski definition) is 2. The zero-order valence-corrected chi connectivity index (χ0v) is 9.26. The second kappa shape index (κ2) is 4.47. The van der Waals surface area contributed by atoms with E-state index in [2.05, 4.69) is 5.43 Å². The molecule has 16 heavy (non-hydrogen) atoms. The molecule has 3 N–H and O–H groups in total. The van der Waals surface area contributed by atoms with E-state index in [-0.39, 0.29) is 6.04 Å². The molecule has 0 aromatic heterocycles. The molecule has 1 fully saturated rings. The van der Waals surface area contributed by atoms with Gasteiger partial charge in [0.1, 0.15) is 0 Å². The van der Waals surface area contributed by atoms with Gasteiger partial charge in [0.25, 0.3) is 0 Å². The van der Waals surface area contributed by atoms with Crippen LogP contribution < -0.4 is 11.3 Å². The molecular weight excluding hydrogens is 210 g/mol. The molecule has 2 nitrogen and oxygen atoms in total. The monoisotopic (exact) mass is 226 g/mol. The third-order valence-corrected chi connectivity index (χ3v) is 3.15. The molecule has 1 aliphatic rings. The summed E-state index contributed by atoms with van der Waals surface area (Å²) in [7, 11) is 0. The number of halogens is 2. The fourth-order valence-corrected chi connectivity index (χ4v) is 1.90. The molecule has 1 unspecified atom stereocenters. The van der Waals surface area contributed by atoms with Crippen LogP contribution in [-0.4, -0.2) is 0 Å².